The number of benzene rings is 2. The lowest BCUT2D eigenvalue weighted by atomic mass is 9.87. The molecule has 2 unspecified atom stereocenters. The van der Waals surface area contributed by atoms with Crippen molar-refractivity contribution in [2.75, 3.05) is 18.5 Å². The van der Waals surface area contributed by atoms with E-state index in [-0.39, 0.29) is 12.6 Å². The third-order valence-electron chi connectivity index (χ3n) is 6.29. The summed E-state index contributed by atoms with van der Waals surface area (Å²) in [5, 5.41) is 5.56. The number of amides is 4. The van der Waals surface area contributed by atoms with E-state index in [9.17, 15) is 14.4 Å². The predicted molar refractivity (Wildman–Crippen MR) is 121 cm³/mol. The Morgan fingerprint density at radius 3 is 2.79 bits per heavy atom. The lowest BCUT2D eigenvalue weighted by Gasteiger charge is -2.25. The minimum Gasteiger partial charge on any atom is -0.370 e. The zero-order chi connectivity index (χ0) is 23.0. The molecule has 2 atom stereocenters. The van der Waals surface area contributed by atoms with Gasteiger partial charge in [0.2, 0.25) is 5.91 Å². The number of rotatable bonds is 6. The summed E-state index contributed by atoms with van der Waals surface area (Å²) < 4.78 is 5.68. The Bertz CT molecular complexity index is 1220. The van der Waals surface area contributed by atoms with Crippen LogP contribution < -0.4 is 10.6 Å². The van der Waals surface area contributed by atoms with Gasteiger partial charge in [-0.3, -0.25) is 14.5 Å². The number of nitrogens with zero attached hydrogens (tertiary/aromatic N) is 2. The maximum Gasteiger partial charge on any atom is 0.325 e. The van der Waals surface area contributed by atoms with Crippen LogP contribution in [0, 0.1) is 0 Å². The van der Waals surface area contributed by atoms with Gasteiger partial charge in [0.1, 0.15) is 24.0 Å². The highest BCUT2D eigenvalue weighted by Gasteiger charge is 2.51. The van der Waals surface area contributed by atoms with Crippen LogP contribution in [0.1, 0.15) is 43.7 Å². The summed E-state index contributed by atoms with van der Waals surface area (Å²) in [6.45, 7) is 2.19. The SMILES string of the molecule is CCC1(c2ccccc2)NC(=O)N(CC(=O)Nc2ccc3nc(C4CCCO4)[nH]c3c2)C1=O. The summed E-state index contributed by atoms with van der Waals surface area (Å²) in [7, 11) is 0. The van der Waals surface area contributed by atoms with Crippen molar-refractivity contribution in [2.24, 2.45) is 0 Å². The molecular weight excluding hydrogens is 422 g/mol. The highest BCUT2D eigenvalue weighted by atomic mass is 16.5. The second-order valence-corrected chi connectivity index (χ2v) is 8.35. The maximum atomic E-state index is 13.2. The molecule has 2 aliphatic heterocycles. The van der Waals surface area contributed by atoms with E-state index in [1.807, 2.05) is 31.2 Å². The summed E-state index contributed by atoms with van der Waals surface area (Å²) in [5.74, 6) is -0.111. The number of ether oxygens (including phenoxy) is 1. The van der Waals surface area contributed by atoms with E-state index in [1.54, 1.807) is 24.3 Å². The first-order valence-corrected chi connectivity index (χ1v) is 11.1. The Balaban J connectivity index is 1.30. The number of imide groups is 1. The minimum atomic E-state index is -1.16. The Morgan fingerprint density at radius 1 is 1.24 bits per heavy atom. The van der Waals surface area contributed by atoms with Gasteiger partial charge in [0, 0.05) is 12.3 Å². The molecular formula is C24H25N5O4. The summed E-state index contributed by atoms with van der Waals surface area (Å²) in [6.07, 6.45) is 2.29. The molecule has 9 heteroatoms. The standard InChI is InChI=1S/C24H25N5O4/c1-2-24(15-7-4-3-5-8-15)22(31)29(23(32)28-24)14-20(30)25-16-10-11-17-18(13-16)27-21(26-17)19-9-6-12-33-19/h3-5,7-8,10-11,13,19H,2,6,9,12,14H2,1H3,(H,25,30)(H,26,27)(H,28,32). The predicted octanol–water partition coefficient (Wildman–Crippen LogP) is 3.21. The first kappa shape index (κ1) is 21.1. The van der Waals surface area contributed by atoms with Crippen LogP contribution in [0.15, 0.2) is 48.5 Å². The number of aromatic nitrogens is 2. The molecule has 3 aromatic rings. The zero-order valence-corrected chi connectivity index (χ0v) is 18.3. The molecule has 5 rings (SSSR count). The summed E-state index contributed by atoms with van der Waals surface area (Å²) in [4.78, 5) is 47.3. The molecule has 0 bridgehead atoms. The number of nitrogens with one attached hydrogen (secondary N) is 3. The molecule has 33 heavy (non-hydrogen) atoms. The van der Waals surface area contributed by atoms with Crippen LogP contribution in [0.3, 0.4) is 0 Å². The molecule has 0 spiro atoms. The van der Waals surface area contributed by atoms with Crippen molar-refractivity contribution in [2.45, 2.75) is 37.8 Å². The van der Waals surface area contributed by atoms with Crippen molar-refractivity contribution < 1.29 is 19.1 Å². The van der Waals surface area contributed by atoms with Gasteiger partial charge in [-0.2, -0.15) is 0 Å². The minimum absolute atomic E-state index is 0.0291. The van der Waals surface area contributed by atoms with Gasteiger partial charge in [-0.05, 0) is 43.0 Å². The van der Waals surface area contributed by atoms with Crippen molar-refractivity contribution in [3.05, 3.63) is 59.9 Å². The van der Waals surface area contributed by atoms with E-state index in [1.165, 1.54) is 0 Å². The van der Waals surface area contributed by atoms with Crippen LogP contribution in [-0.2, 0) is 19.9 Å². The molecule has 0 saturated carbocycles. The molecule has 3 N–H and O–H groups in total. The number of H-pyrrole nitrogens is 1. The normalized spacial score (nSPS) is 22.7. The quantitative estimate of drug-likeness (QED) is 0.502. The Labute approximate surface area is 190 Å². The highest BCUT2D eigenvalue weighted by Crippen LogP contribution is 2.32. The highest BCUT2D eigenvalue weighted by molar-refractivity contribution is 6.10. The molecule has 9 nitrogen and oxygen atoms in total. The van der Waals surface area contributed by atoms with Gasteiger partial charge in [0.25, 0.3) is 5.91 Å². The molecule has 4 amide bonds. The lowest BCUT2D eigenvalue weighted by Crippen LogP contribution is -2.44. The molecule has 0 aliphatic carbocycles. The van der Waals surface area contributed by atoms with Crippen LogP contribution in [0.4, 0.5) is 10.5 Å². The average molecular weight is 447 g/mol. The Kier molecular flexibility index (Phi) is 5.33. The van der Waals surface area contributed by atoms with Crippen LogP contribution >= 0.6 is 0 Å². The van der Waals surface area contributed by atoms with E-state index in [2.05, 4.69) is 20.6 Å². The fourth-order valence-corrected chi connectivity index (χ4v) is 4.53. The summed E-state index contributed by atoms with van der Waals surface area (Å²) in [5.41, 5.74) is 1.64. The molecule has 1 aromatic heterocycles. The molecule has 170 valence electrons. The number of hydrogen-bond donors (Lipinski definition) is 3. The van der Waals surface area contributed by atoms with Crippen LogP contribution in [0.5, 0.6) is 0 Å². The summed E-state index contributed by atoms with van der Waals surface area (Å²) >= 11 is 0. The van der Waals surface area contributed by atoms with Gasteiger partial charge in [-0.15, -0.1) is 0 Å². The van der Waals surface area contributed by atoms with Crippen molar-refractivity contribution in [3.63, 3.8) is 0 Å². The number of anilines is 1. The molecule has 3 heterocycles. The van der Waals surface area contributed by atoms with Gasteiger partial charge >= 0.3 is 6.03 Å². The number of carbonyl (C=O) groups excluding carboxylic acids is 3. The lowest BCUT2D eigenvalue weighted by molar-refractivity contribution is -0.134. The third kappa shape index (κ3) is 3.74. The first-order chi connectivity index (χ1) is 16.0. The van der Waals surface area contributed by atoms with E-state index in [0.717, 1.165) is 41.2 Å². The van der Waals surface area contributed by atoms with E-state index in [4.69, 9.17) is 4.74 Å². The van der Waals surface area contributed by atoms with Crippen LogP contribution in [-0.4, -0.2) is 45.9 Å². The molecule has 0 radical (unpaired) electrons. The van der Waals surface area contributed by atoms with E-state index < -0.39 is 23.4 Å². The van der Waals surface area contributed by atoms with E-state index >= 15 is 0 Å². The smallest absolute Gasteiger partial charge is 0.325 e. The zero-order valence-electron chi connectivity index (χ0n) is 18.3. The van der Waals surface area contributed by atoms with Crippen molar-refractivity contribution >= 4 is 34.6 Å². The number of imidazole rings is 1. The Morgan fingerprint density at radius 2 is 2.06 bits per heavy atom. The van der Waals surface area contributed by atoms with Crippen molar-refractivity contribution in [1.82, 2.24) is 20.2 Å². The monoisotopic (exact) mass is 447 g/mol. The molecule has 2 fully saturated rings. The van der Waals surface area contributed by atoms with Gasteiger partial charge in [0.15, 0.2) is 0 Å². The fraction of sp³-hybridized carbons (Fsp3) is 0.333. The van der Waals surface area contributed by atoms with Crippen LogP contribution in [0.25, 0.3) is 11.0 Å². The Hall–Kier alpha value is -3.72. The second kappa shape index (κ2) is 8.32. The number of fused-ring (bicyclic) bond motifs is 1. The molecule has 2 saturated heterocycles. The van der Waals surface area contributed by atoms with Crippen molar-refractivity contribution in [3.8, 4) is 0 Å². The first-order valence-electron chi connectivity index (χ1n) is 11.1. The summed E-state index contributed by atoms with van der Waals surface area (Å²) in [6, 6.07) is 13.8. The average Bonchev–Trinajstić information content (AvgIpc) is 3.55. The molecule has 2 aromatic carbocycles. The third-order valence-corrected chi connectivity index (χ3v) is 6.29. The van der Waals surface area contributed by atoms with E-state index in [0.29, 0.717) is 17.7 Å². The largest absolute Gasteiger partial charge is 0.370 e. The maximum absolute atomic E-state index is 13.2. The van der Waals surface area contributed by atoms with Gasteiger partial charge in [0.05, 0.1) is 11.0 Å². The number of aromatic amines is 1. The van der Waals surface area contributed by atoms with Gasteiger partial charge in [-0.25, -0.2) is 9.78 Å². The fourth-order valence-electron chi connectivity index (χ4n) is 4.53. The topological polar surface area (TPSA) is 116 Å². The van der Waals surface area contributed by atoms with Crippen LogP contribution in [0.2, 0.25) is 0 Å². The number of carbonyl (C=O) groups is 3. The number of hydrogen-bond acceptors (Lipinski definition) is 5. The van der Waals surface area contributed by atoms with Gasteiger partial charge in [-0.1, -0.05) is 37.3 Å². The second-order valence-electron chi connectivity index (χ2n) is 8.35. The van der Waals surface area contributed by atoms with Gasteiger partial charge < -0.3 is 20.4 Å². The number of urea groups is 1. The van der Waals surface area contributed by atoms with Crippen molar-refractivity contribution in [1.29, 1.82) is 0 Å². The molecule has 2 aliphatic rings.